The molecule has 0 aromatic heterocycles. The van der Waals surface area contributed by atoms with Crippen LogP contribution >= 0.6 is 0 Å². The van der Waals surface area contributed by atoms with E-state index >= 15 is 0 Å². The molecule has 1 amide bonds. The van der Waals surface area contributed by atoms with E-state index in [1.54, 1.807) is 18.2 Å². The summed E-state index contributed by atoms with van der Waals surface area (Å²) in [6.07, 6.45) is -0.978. The highest BCUT2D eigenvalue weighted by Gasteiger charge is 2.20. The van der Waals surface area contributed by atoms with Crippen molar-refractivity contribution < 1.29 is 34.6 Å². The Morgan fingerprint density at radius 3 is 2.57 bits per heavy atom. The predicted octanol–water partition coefficient (Wildman–Crippen LogP) is -1.90. The monoisotopic (exact) mass is 326 g/mol. The lowest BCUT2D eigenvalue weighted by atomic mass is 10.2. The third-order valence-corrected chi connectivity index (χ3v) is 3.15. The minimum absolute atomic E-state index is 0.161. The number of methoxy groups -OCH3 is 2. The van der Waals surface area contributed by atoms with Crippen LogP contribution in [0.4, 0.5) is 5.69 Å². The first-order valence-corrected chi connectivity index (χ1v) is 7.11. The maximum Gasteiger partial charge on any atom is 0.230 e. The normalized spacial score (nSPS) is 13.0. The molecule has 8 nitrogen and oxygen atoms in total. The molecule has 0 radical (unpaired) electrons. The number of aliphatic hydroxyl groups is 1. The SMILES string of the molecule is COc1ccc(OC)c(NC(=O)C[C@@H]([NH2+]C[C@@H](C)O)C(=O)[O-])c1. The molecule has 8 heteroatoms. The molecule has 0 spiro atoms. The molecule has 4 N–H and O–H groups in total. The number of hydrogen-bond acceptors (Lipinski definition) is 6. The van der Waals surface area contributed by atoms with Gasteiger partial charge in [0.2, 0.25) is 5.91 Å². The van der Waals surface area contributed by atoms with Gasteiger partial charge < -0.3 is 35.1 Å². The van der Waals surface area contributed by atoms with Crippen molar-refractivity contribution in [2.45, 2.75) is 25.5 Å². The number of ether oxygens (including phenoxy) is 2. The first-order chi connectivity index (χ1) is 10.9. The molecule has 0 aliphatic heterocycles. The Hall–Kier alpha value is -2.32. The van der Waals surface area contributed by atoms with Gasteiger partial charge in [0.15, 0.2) is 0 Å². The number of carboxylic acids is 1. The van der Waals surface area contributed by atoms with Crippen LogP contribution in [-0.4, -0.2) is 49.9 Å². The van der Waals surface area contributed by atoms with Gasteiger partial charge in [0.1, 0.15) is 24.1 Å². The lowest BCUT2D eigenvalue weighted by molar-refractivity contribution is -0.687. The quantitative estimate of drug-likeness (QED) is 0.487. The maximum absolute atomic E-state index is 12.1. The summed E-state index contributed by atoms with van der Waals surface area (Å²) < 4.78 is 10.2. The second-order valence-electron chi connectivity index (χ2n) is 5.06. The third kappa shape index (κ3) is 6.13. The zero-order valence-electron chi connectivity index (χ0n) is 13.4. The topological polar surface area (TPSA) is 125 Å². The molecule has 23 heavy (non-hydrogen) atoms. The molecule has 0 aliphatic rings. The molecule has 0 aliphatic carbocycles. The van der Waals surface area contributed by atoms with Gasteiger partial charge in [0.25, 0.3) is 0 Å². The Bertz CT molecular complexity index is 547. The van der Waals surface area contributed by atoms with Crippen LogP contribution in [0.15, 0.2) is 18.2 Å². The van der Waals surface area contributed by atoms with E-state index in [0.717, 1.165) is 0 Å². The van der Waals surface area contributed by atoms with Gasteiger partial charge in [-0.3, -0.25) is 4.79 Å². The van der Waals surface area contributed by atoms with Crippen LogP contribution in [0.2, 0.25) is 0 Å². The Balaban J connectivity index is 2.75. The summed E-state index contributed by atoms with van der Waals surface area (Å²) in [5, 5.41) is 24.2. The lowest BCUT2D eigenvalue weighted by Crippen LogP contribution is -2.94. The third-order valence-electron chi connectivity index (χ3n) is 3.15. The second-order valence-corrected chi connectivity index (χ2v) is 5.06. The first kappa shape index (κ1) is 18.7. The van der Waals surface area contributed by atoms with Gasteiger partial charge in [-0.05, 0) is 19.1 Å². The van der Waals surface area contributed by atoms with E-state index in [-0.39, 0.29) is 13.0 Å². The number of anilines is 1. The zero-order chi connectivity index (χ0) is 17.4. The smallest absolute Gasteiger partial charge is 0.230 e. The number of nitrogens with two attached hydrogens (primary N) is 1. The van der Waals surface area contributed by atoms with Crippen molar-refractivity contribution in [1.29, 1.82) is 0 Å². The van der Waals surface area contributed by atoms with Crippen molar-refractivity contribution in [3.05, 3.63) is 18.2 Å². The molecule has 2 atom stereocenters. The number of carbonyl (C=O) groups excluding carboxylic acids is 2. The fraction of sp³-hybridized carbons (Fsp3) is 0.467. The largest absolute Gasteiger partial charge is 0.544 e. The molecule has 0 fully saturated rings. The van der Waals surface area contributed by atoms with Gasteiger partial charge in [-0.15, -0.1) is 0 Å². The molecular formula is C15H22N2O6. The summed E-state index contributed by atoms with van der Waals surface area (Å²) in [5.41, 5.74) is 0.379. The van der Waals surface area contributed by atoms with Crippen LogP contribution < -0.4 is 25.2 Å². The number of rotatable bonds is 9. The average Bonchev–Trinajstić information content (AvgIpc) is 2.50. The van der Waals surface area contributed by atoms with E-state index < -0.39 is 24.0 Å². The molecule has 0 saturated heterocycles. The average molecular weight is 326 g/mol. The number of nitrogens with one attached hydrogen (secondary N) is 1. The standard InChI is InChI=1S/C15H22N2O6/c1-9(18)8-16-12(15(20)21)7-14(19)17-11-6-10(22-2)4-5-13(11)23-3/h4-6,9,12,16,18H,7-8H2,1-3H3,(H,17,19)(H,20,21)/t9-,12-/m1/s1. The van der Waals surface area contributed by atoms with Gasteiger partial charge in [-0.2, -0.15) is 0 Å². The molecule has 1 rings (SSSR count). The van der Waals surface area contributed by atoms with E-state index in [9.17, 15) is 19.8 Å². The Morgan fingerprint density at radius 1 is 1.35 bits per heavy atom. The molecule has 0 heterocycles. The van der Waals surface area contributed by atoms with E-state index in [1.807, 2.05) is 0 Å². The van der Waals surface area contributed by atoms with Gasteiger partial charge in [-0.1, -0.05) is 0 Å². The summed E-state index contributed by atoms with van der Waals surface area (Å²) >= 11 is 0. The number of carboxylic acid groups (broad SMARTS) is 1. The lowest BCUT2D eigenvalue weighted by Gasteiger charge is -2.18. The summed E-state index contributed by atoms with van der Waals surface area (Å²) in [6, 6.07) is 3.80. The Morgan fingerprint density at radius 2 is 2.04 bits per heavy atom. The van der Waals surface area contributed by atoms with Crippen molar-refractivity contribution in [3.63, 3.8) is 0 Å². The van der Waals surface area contributed by atoms with E-state index in [2.05, 4.69) is 5.32 Å². The molecule has 1 aromatic rings. The summed E-state index contributed by atoms with van der Waals surface area (Å²) in [4.78, 5) is 23.1. The second kappa shape index (κ2) is 8.96. The molecule has 0 unspecified atom stereocenters. The highest BCUT2D eigenvalue weighted by Crippen LogP contribution is 2.28. The van der Waals surface area contributed by atoms with Crippen LogP contribution in [0.5, 0.6) is 11.5 Å². The number of benzene rings is 1. The number of hydrogen-bond donors (Lipinski definition) is 3. The van der Waals surface area contributed by atoms with Crippen molar-refractivity contribution >= 4 is 17.6 Å². The van der Waals surface area contributed by atoms with E-state index in [1.165, 1.54) is 26.5 Å². The zero-order valence-corrected chi connectivity index (χ0v) is 13.4. The number of carbonyl (C=O) groups is 2. The van der Waals surface area contributed by atoms with Gasteiger partial charge in [-0.25, -0.2) is 0 Å². The molecule has 0 saturated carbocycles. The Kier molecular flexibility index (Phi) is 7.30. The highest BCUT2D eigenvalue weighted by atomic mass is 16.5. The number of aliphatic hydroxyl groups excluding tert-OH is 1. The van der Waals surface area contributed by atoms with Crippen LogP contribution in [-0.2, 0) is 9.59 Å². The summed E-state index contributed by atoms with van der Waals surface area (Å²) in [6.45, 7) is 1.69. The van der Waals surface area contributed by atoms with Gasteiger partial charge in [0.05, 0.1) is 38.4 Å². The van der Waals surface area contributed by atoms with E-state index in [4.69, 9.17) is 9.47 Å². The van der Waals surface area contributed by atoms with Gasteiger partial charge in [0, 0.05) is 6.07 Å². The van der Waals surface area contributed by atoms with Crippen LogP contribution in [0.25, 0.3) is 0 Å². The fourth-order valence-corrected chi connectivity index (χ4v) is 1.94. The van der Waals surface area contributed by atoms with Crippen LogP contribution in [0, 0.1) is 0 Å². The van der Waals surface area contributed by atoms with Crippen molar-refractivity contribution in [3.8, 4) is 11.5 Å². The Labute approximate surface area is 134 Å². The number of quaternary nitrogens is 1. The fourth-order valence-electron chi connectivity index (χ4n) is 1.94. The minimum Gasteiger partial charge on any atom is -0.544 e. The first-order valence-electron chi connectivity index (χ1n) is 7.11. The minimum atomic E-state index is -1.36. The number of amides is 1. The predicted molar refractivity (Wildman–Crippen MR) is 80.1 cm³/mol. The van der Waals surface area contributed by atoms with Crippen molar-refractivity contribution in [2.75, 3.05) is 26.1 Å². The van der Waals surface area contributed by atoms with Gasteiger partial charge >= 0.3 is 0 Å². The molecule has 128 valence electrons. The van der Waals surface area contributed by atoms with Crippen molar-refractivity contribution in [2.24, 2.45) is 0 Å². The molecule has 0 bridgehead atoms. The van der Waals surface area contributed by atoms with Crippen LogP contribution in [0.1, 0.15) is 13.3 Å². The summed E-state index contributed by atoms with van der Waals surface area (Å²) in [5.74, 6) is -0.915. The molecular weight excluding hydrogens is 304 g/mol. The van der Waals surface area contributed by atoms with Crippen molar-refractivity contribution in [1.82, 2.24) is 0 Å². The van der Waals surface area contributed by atoms with Crippen LogP contribution in [0.3, 0.4) is 0 Å². The maximum atomic E-state index is 12.1. The highest BCUT2D eigenvalue weighted by molar-refractivity contribution is 5.94. The molecule has 1 aromatic carbocycles. The summed E-state index contributed by atoms with van der Waals surface area (Å²) in [7, 11) is 2.95. The number of aliphatic carboxylic acids is 1. The van der Waals surface area contributed by atoms with E-state index in [0.29, 0.717) is 17.2 Å².